The number of nitrogens with zero attached hydrogens (tertiary/aromatic N) is 3. The lowest BCUT2D eigenvalue weighted by Gasteiger charge is -2.27. The van der Waals surface area contributed by atoms with Gasteiger partial charge in [0.25, 0.3) is 5.91 Å². The normalized spacial score (nSPS) is 13.4. The fraction of sp³-hybridized carbons (Fsp3) is 0.190. The second kappa shape index (κ2) is 7.48. The van der Waals surface area contributed by atoms with Crippen molar-refractivity contribution in [2.45, 2.75) is 26.4 Å². The molecule has 1 N–H and O–H groups in total. The second-order valence-corrected chi connectivity index (χ2v) is 7.16. The number of benzene rings is 2. The number of hydrogen-bond acceptors (Lipinski definition) is 3. The number of halogens is 1. The summed E-state index contributed by atoms with van der Waals surface area (Å²) >= 11 is 6.11. The van der Waals surface area contributed by atoms with Crippen LogP contribution >= 0.6 is 11.6 Å². The highest BCUT2D eigenvalue weighted by molar-refractivity contribution is 6.31. The van der Waals surface area contributed by atoms with E-state index in [1.807, 2.05) is 41.9 Å². The molecule has 7 heteroatoms. The molecule has 0 aliphatic carbocycles. The highest BCUT2D eigenvalue weighted by Crippen LogP contribution is 2.23. The van der Waals surface area contributed by atoms with Crippen LogP contribution in [0.15, 0.2) is 54.7 Å². The van der Waals surface area contributed by atoms with Crippen LogP contribution in [0.5, 0.6) is 0 Å². The number of nitrogens with one attached hydrogen (secondary N) is 1. The standard InChI is InChI=1S/C21H19ClN4O2/c1-14-2-7-17(12-18(14)22)24-21(28)16-5-3-15(4-6-16)13-25-19-8-10-23-26(19)11-9-20(25)27/h2-8,10,12H,9,11,13H2,1H3,(H,24,28). The van der Waals surface area contributed by atoms with Crippen LogP contribution < -0.4 is 10.2 Å². The smallest absolute Gasteiger partial charge is 0.255 e. The molecule has 2 aromatic carbocycles. The van der Waals surface area contributed by atoms with Gasteiger partial charge < -0.3 is 5.32 Å². The summed E-state index contributed by atoms with van der Waals surface area (Å²) in [7, 11) is 0. The van der Waals surface area contributed by atoms with Crippen LogP contribution in [-0.4, -0.2) is 21.6 Å². The first-order chi connectivity index (χ1) is 13.5. The first kappa shape index (κ1) is 18.3. The number of fused-ring (bicyclic) bond motifs is 1. The summed E-state index contributed by atoms with van der Waals surface area (Å²) < 4.78 is 1.83. The van der Waals surface area contributed by atoms with Crippen molar-refractivity contribution in [2.75, 3.05) is 10.2 Å². The van der Waals surface area contributed by atoms with Gasteiger partial charge in [0.2, 0.25) is 5.91 Å². The van der Waals surface area contributed by atoms with E-state index >= 15 is 0 Å². The minimum absolute atomic E-state index is 0.0751. The van der Waals surface area contributed by atoms with Crippen molar-refractivity contribution in [1.29, 1.82) is 0 Å². The van der Waals surface area contributed by atoms with E-state index in [-0.39, 0.29) is 11.8 Å². The minimum Gasteiger partial charge on any atom is -0.322 e. The number of carbonyl (C=O) groups is 2. The van der Waals surface area contributed by atoms with Crippen LogP contribution in [0.1, 0.15) is 27.9 Å². The second-order valence-electron chi connectivity index (χ2n) is 6.76. The van der Waals surface area contributed by atoms with Gasteiger partial charge >= 0.3 is 0 Å². The molecule has 4 rings (SSSR count). The number of aryl methyl sites for hydroxylation is 2. The molecular weight excluding hydrogens is 376 g/mol. The Balaban J connectivity index is 1.46. The van der Waals surface area contributed by atoms with Crippen molar-refractivity contribution in [3.05, 3.63) is 76.4 Å². The van der Waals surface area contributed by atoms with Crippen LogP contribution in [-0.2, 0) is 17.9 Å². The van der Waals surface area contributed by atoms with Crippen LogP contribution in [0.4, 0.5) is 11.5 Å². The number of anilines is 2. The Hall–Kier alpha value is -3.12. The molecule has 1 aromatic heterocycles. The van der Waals surface area contributed by atoms with Gasteiger partial charge in [0.05, 0.1) is 19.3 Å². The van der Waals surface area contributed by atoms with Crippen molar-refractivity contribution < 1.29 is 9.59 Å². The average molecular weight is 395 g/mol. The van der Waals surface area contributed by atoms with Crippen molar-refractivity contribution in [3.8, 4) is 0 Å². The summed E-state index contributed by atoms with van der Waals surface area (Å²) in [5.74, 6) is 0.666. The molecule has 0 spiro atoms. The molecule has 0 saturated heterocycles. The Labute approximate surface area is 167 Å². The van der Waals surface area contributed by atoms with Gasteiger partial charge in [0.15, 0.2) is 0 Å². The topological polar surface area (TPSA) is 67.2 Å². The zero-order valence-corrected chi connectivity index (χ0v) is 16.1. The molecule has 0 atom stereocenters. The van der Waals surface area contributed by atoms with Gasteiger partial charge in [-0.15, -0.1) is 0 Å². The van der Waals surface area contributed by atoms with E-state index in [4.69, 9.17) is 11.6 Å². The molecule has 2 heterocycles. The number of rotatable bonds is 4. The number of carbonyl (C=O) groups excluding carboxylic acids is 2. The Morgan fingerprint density at radius 3 is 2.71 bits per heavy atom. The van der Waals surface area contributed by atoms with Crippen LogP contribution in [0.25, 0.3) is 0 Å². The molecule has 142 valence electrons. The molecule has 6 nitrogen and oxygen atoms in total. The van der Waals surface area contributed by atoms with Crippen molar-refractivity contribution in [3.63, 3.8) is 0 Å². The summed E-state index contributed by atoms with van der Waals surface area (Å²) in [6.45, 7) is 2.96. The Morgan fingerprint density at radius 1 is 1.18 bits per heavy atom. The predicted octanol–water partition coefficient (Wildman–Crippen LogP) is 4.03. The maximum Gasteiger partial charge on any atom is 0.255 e. The average Bonchev–Trinajstić information content (AvgIpc) is 3.16. The monoisotopic (exact) mass is 394 g/mol. The summed E-state index contributed by atoms with van der Waals surface area (Å²) in [5, 5.41) is 7.69. The summed E-state index contributed by atoms with van der Waals surface area (Å²) in [6.07, 6.45) is 2.14. The minimum atomic E-state index is -0.210. The lowest BCUT2D eigenvalue weighted by atomic mass is 10.1. The third-order valence-electron chi connectivity index (χ3n) is 4.80. The van der Waals surface area contributed by atoms with E-state index in [2.05, 4.69) is 10.4 Å². The molecule has 0 unspecified atom stereocenters. The van der Waals surface area contributed by atoms with Gasteiger partial charge in [-0.05, 0) is 42.3 Å². The first-order valence-corrected chi connectivity index (χ1v) is 9.38. The van der Waals surface area contributed by atoms with Crippen molar-refractivity contribution >= 4 is 34.9 Å². The van der Waals surface area contributed by atoms with Gasteiger partial charge in [0.1, 0.15) is 5.82 Å². The van der Waals surface area contributed by atoms with E-state index in [9.17, 15) is 9.59 Å². The molecule has 1 aliphatic heterocycles. The third kappa shape index (κ3) is 3.64. The maximum atomic E-state index is 12.5. The summed E-state index contributed by atoms with van der Waals surface area (Å²) in [5.41, 5.74) is 3.09. The molecule has 0 fully saturated rings. The van der Waals surface area contributed by atoms with Crippen LogP contribution in [0.3, 0.4) is 0 Å². The Bertz CT molecular complexity index is 1040. The lowest BCUT2D eigenvalue weighted by Crippen LogP contribution is -2.36. The van der Waals surface area contributed by atoms with E-state index in [0.29, 0.717) is 35.8 Å². The zero-order valence-electron chi connectivity index (χ0n) is 15.4. The summed E-state index contributed by atoms with van der Waals surface area (Å²) in [6, 6.07) is 14.5. The van der Waals surface area contributed by atoms with Crippen molar-refractivity contribution in [1.82, 2.24) is 9.78 Å². The third-order valence-corrected chi connectivity index (χ3v) is 5.20. The van der Waals surface area contributed by atoms with E-state index in [1.165, 1.54) is 0 Å². The largest absolute Gasteiger partial charge is 0.322 e. The molecule has 1 aliphatic rings. The van der Waals surface area contributed by atoms with E-state index in [1.54, 1.807) is 29.3 Å². The molecule has 28 heavy (non-hydrogen) atoms. The van der Waals surface area contributed by atoms with Gasteiger partial charge in [-0.1, -0.05) is 29.8 Å². The van der Waals surface area contributed by atoms with Crippen LogP contribution in [0, 0.1) is 6.92 Å². The Kier molecular flexibility index (Phi) is 4.88. The van der Waals surface area contributed by atoms with Gasteiger partial charge in [-0.25, -0.2) is 4.68 Å². The number of amides is 2. The number of hydrogen-bond donors (Lipinski definition) is 1. The highest BCUT2D eigenvalue weighted by Gasteiger charge is 2.24. The summed E-state index contributed by atoms with van der Waals surface area (Å²) in [4.78, 5) is 26.5. The highest BCUT2D eigenvalue weighted by atomic mass is 35.5. The molecular formula is C21H19ClN4O2. The maximum absolute atomic E-state index is 12.5. The zero-order chi connectivity index (χ0) is 19.7. The van der Waals surface area contributed by atoms with Gasteiger partial charge in [-0.3, -0.25) is 14.5 Å². The fourth-order valence-electron chi connectivity index (χ4n) is 3.18. The number of aromatic nitrogens is 2. The molecule has 2 amide bonds. The van der Waals surface area contributed by atoms with E-state index < -0.39 is 0 Å². The SMILES string of the molecule is Cc1ccc(NC(=O)c2ccc(CN3C(=O)CCn4nccc43)cc2)cc1Cl. The molecule has 0 radical (unpaired) electrons. The van der Waals surface area contributed by atoms with Gasteiger partial charge in [0, 0.05) is 28.8 Å². The first-order valence-electron chi connectivity index (χ1n) is 9.00. The lowest BCUT2D eigenvalue weighted by molar-refractivity contribution is -0.119. The van der Waals surface area contributed by atoms with E-state index in [0.717, 1.165) is 16.9 Å². The molecule has 0 saturated carbocycles. The quantitative estimate of drug-likeness (QED) is 0.726. The molecule has 3 aromatic rings. The fourth-order valence-corrected chi connectivity index (χ4v) is 3.36. The predicted molar refractivity (Wildman–Crippen MR) is 109 cm³/mol. The van der Waals surface area contributed by atoms with Crippen molar-refractivity contribution in [2.24, 2.45) is 0 Å². The van der Waals surface area contributed by atoms with Crippen LogP contribution in [0.2, 0.25) is 5.02 Å². The van der Waals surface area contributed by atoms with Gasteiger partial charge in [-0.2, -0.15) is 5.10 Å². The molecule has 0 bridgehead atoms. The Morgan fingerprint density at radius 2 is 1.96 bits per heavy atom.